The van der Waals surface area contributed by atoms with Crippen molar-refractivity contribution in [2.45, 2.75) is 19.9 Å². The van der Waals surface area contributed by atoms with Crippen LogP contribution in [0.15, 0.2) is 0 Å². The smallest absolute Gasteiger partial charge is 0.245 e. The Morgan fingerprint density at radius 1 is 1.31 bits per heavy atom. The van der Waals surface area contributed by atoms with E-state index in [1.807, 2.05) is 25.8 Å². The first-order valence-corrected chi connectivity index (χ1v) is 5.18. The van der Waals surface area contributed by atoms with Gasteiger partial charge in [-0.25, -0.2) is 4.98 Å². The van der Waals surface area contributed by atoms with Crippen LogP contribution in [0, 0.1) is 13.8 Å². The molecule has 0 saturated heterocycles. The van der Waals surface area contributed by atoms with E-state index in [0.29, 0.717) is 19.1 Å². The lowest BCUT2D eigenvalue weighted by Gasteiger charge is -2.20. The van der Waals surface area contributed by atoms with Gasteiger partial charge in [-0.1, -0.05) is 0 Å². The number of ether oxygens (including phenoxy) is 1. The summed E-state index contributed by atoms with van der Waals surface area (Å²) < 4.78 is 4.98. The number of methoxy groups -OCH3 is 1. The van der Waals surface area contributed by atoms with Crippen molar-refractivity contribution >= 4 is 5.95 Å². The molecule has 1 rings (SSSR count). The molecule has 0 bridgehead atoms. The number of anilines is 1. The van der Waals surface area contributed by atoms with E-state index < -0.39 is 0 Å². The Labute approximate surface area is 95.8 Å². The lowest BCUT2D eigenvalue weighted by molar-refractivity contribution is 0.181. The van der Waals surface area contributed by atoms with Crippen LogP contribution in [0.2, 0.25) is 0 Å². The molecule has 0 aliphatic carbocycles. The van der Waals surface area contributed by atoms with Crippen LogP contribution >= 0.6 is 0 Å². The van der Waals surface area contributed by atoms with Gasteiger partial charge in [0.2, 0.25) is 5.95 Å². The molecule has 0 fully saturated rings. The summed E-state index contributed by atoms with van der Waals surface area (Å²) in [6.07, 6.45) is 0. The second kappa shape index (κ2) is 5.72. The van der Waals surface area contributed by atoms with Crippen molar-refractivity contribution in [2.75, 3.05) is 32.2 Å². The maximum atomic E-state index is 5.85. The standard InChI is InChI=1S/C10H19N5O/c1-7-8(2)13-14-10(12-7)15(3)5-9(11)6-16-4/h9H,5-6,11H2,1-4H3. The molecule has 1 atom stereocenters. The van der Waals surface area contributed by atoms with E-state index in [-0.39, 0.29) is 6.04 Å². The number of hydrogen-bond acceptors (Lipinski definition) is 6. The quantitative estimate of drug-likeness (QED) is 0.754. The van der Waals surface area contributed by atoms with E-state index in [9.17, 15) is 0 Å². The topological polar surface area (TPSA) is 77.2 Å². The molecule has 1 heterocycles. The summed E-state index contributed by atoms with van der Waals surface area (Å²) in [4.78, 5) is 6.22. The van der Waals surface area contributed by atoms with Gasteiger partial charge in [-0.3, -0.25) is 0 Å². The molecule has 6 heteroatoms. The highest BCUT2D eigenvalue weighted by Crippen LogP contribution is 2.06. The average Bonchev–Trinajstić information content (AvgIpc) is 2.22. The minimum atomic E-state index is -0.0554. The summed E-state index contributed by atoms with van der Waals surface area (Å²) >= 11 is 0. The van der Waals surface area contributed by atoms with Crippen molar-refractivity contribution in [3.8, 4) is 0 Å². The fourth-order valence-electron chi connectivity index (χ4n) is 1.31. The normalized spacial score (nSPS) is 12.6. The zero-order valence-electron chi connectivity index (χ0n) is 10.3. The molecular formula is C10H19N5O. The molecule has 0 radical (unpaired) electrons. The molecule has 0 aliphatic heterocycles. The summed E-state index contributed by atoms with van der Waals surface area (Å²) in [5.41, 5.74) is 7.58. The summed E-state index contributed by atoms with van der Waals surface area (Å²) in [5, 5.41) is 8.05. The van der Waals surface area contributed by atoms with Crippen LogP contribution in [0.3, 0.4) is 0 Å². The van der Waals surface area contributed by atoms with Crippen LogP contribution in [-0.4, -0.2) is 48.5 Å². The van der Waals surface area contributed by atoms with Gasteiger partial charge >= 0.3 is 0 Å². The Kier molecular flexibility index (Phi) is 4.57. The molecule has 0 amide bonds. The fraction of sp³-hybridized carbons (Fsp3) is 0.700. The average molecular weight is 225 g/mol. The van der Waals surface area contributed by atoms with Gasteiger partial charge in [-0.15, -0.1) is 5.10 Å². The molecular weight excluding hydrogens is 206 g/mol. The predicted molar refractivity (Wildman–Crippen MR) is 62.4 cm³/mol. The summed E-state index contributed by atoms with van der Waals surface area (Å²) in [5.74, 6) is 0.592. The van der Waals surface area contributed by atoms with Crippen molar-refractivity contribution in [2.24, 2.45) is 5.73 Å². The predicted octanol–water partition coefficient (Wildman–Crippen LogP) is -0.102. The minimum Gasteiger partial charge on any atom is -0.383 e. The zero-order valence-corrected chi connectivity index (χ0v) is 10.3. The van der Waals surface area contributed by atoms with E-state index in [1.54, 1.807) is 7.11 Å². The van der Waals surface area contributed by atoms with Gasteiger partial charge in [0.25, 0.3) is 0 Å². The summed E-state index contributed by atoms with van der Waals surface area (Å²) in [6, 6.07) is -0.0554. The maximum absolute atomic E-state index is 5.85. The first-order valence-electron chi connectivity index (χ1n) is 5.18. The second-order valence-corrected chi connectivity index (χ2v) is 3.88. The van der Waals surface area contributed by atoms with Crippen LogP contribution in [0.5, 0.6) is 0 Å². The minimum absolute atomic E-state index is 0.0554. The van der Waals surface area contributed by atoms with Gasteiger partial charge in [0.15, 0.2) is 0 Å². The number of nitrogens with two attached hydrogens (primary N) is 1. The summed E-state index contributed by atoms with van der Waals surface area (Å²) in [6.45, 7) is 4.95. The first kappa shape index (κ1) is 12.8. The highest BCUT2D eigenvalue weighted by Gasteiger charge is 2.11. The number of rotatable bonds is 5. The molecule has 2 N–H and O–H groups in total. The monoisotopic (exact) mass is 225 g/mol. The lowest BCUT2D eigenvalue weighted by atomic mass is 10.3. The van der Waals surface area contributed by atoms with Crippen molar-refractivity contribution < 1.29 is 4.74 Å². The largest absolute Gasteiger partial charge is 0.383 e. The van der Waals surface area contributed by atoms with E-state index in [4.69, 9.17) is 10.5 Å². The molecule has 16 heavy (non-hydrogen) atoms. The lowest BCUT2D eigenvalue weighted by Crippen LogP contribution is -2.39. The van der Waals surface area contributed by atoms with E-state index in [1.165, 1.54) is 0 Å². The molecule has 1 aromatic heterocycles. The molecule has 0 aliphatic rings. The highest BCUT2D eigenvalue weighted by atomic mass is 16.5. The van der Waals surface area contributed by atoms with Crippen LogP contribution in [-0.2, 0) is 4.74 Å². The van der Waals surface area contributed by atoms with Gasteiger partial charge in [0.1, 0.15) is 0 Å². The molecule has 0 saturated carbocycles. The third kappa shape index (κ3) is 3.39. The Morgan fingerprint density at radius 3 is 2.56 bits per heavy atom. The Morgan fingerprint density at radius 2 is 2.00 bits per heavy atom. The van der Waals surface area contributed by atoms with E-state index >= 15 is 0 Å². The second-order valence-electron chi connectivity index (χ2n) is 3.88. The third-order valence-electron chi connectivity index (χ3n) is 2.31. The summed E-state index contributed by atoms with van der Waals surface area (Å²) in [7, 11) is 3.52. The number of nitrogens with zero attached hydrogens (tertiary/aromatic N) is 4. The molecule has 0 spiro atoms. The van der Waals surface area contributed by atoms with Crippen molar-refractivity contribution in [3.63, 3.8) is 0 Å². The number of hydrogen-bond donors (Lipinski definition) is 1. The highest BCUT2D eigenvalue weighted by molar-refractivity contribution is 5.28. The Bertz CT molecular complexity index is 344. The maximum Gasteiger partial charge on any atom is 0.245 e. The van der Waals surface area contributed by atoms with E-state index in [2.05, 4.69) is 15.2 Å². The van der Waals surface area contributed by atoms with Crippen LogP contribution < -0.4 is 10.6 Å². The van der Waals surface area contributed by atoms with Crippen molar-refractivity contribution in [3.05, 3.63) is 11.4 Å². The Balaban J connectivity index is 2.65. The molecule has 1 aromatic rings. The number of aryl methyl sites for hydroxylation is 2. The molecule has 6 nitrogen and oxygen atoms in total. The zero-order chi connectivity index (χ0) is 12.1. The first-order chi connectivity index (χ1) is 7.54. The van der Waals surface area contributed by atoms with Gasteiger partial charge in [-0.05, 0) is 13.8 Å². The fourth-order valence-corrected chi connectivity index (χ4v) is 1.31. The molecule has 0 aromatic carbocycles. The van der Waals surface area contributed by atoms with Gasteiger partial charge in [0.05, 0.1) is 18.0 Å². The SMILES string of the molecule is COCC(N)CN(C)c1nnc(C)c(C)n1. The van der Waals surface area contributed by atoms with Crippen LogP contribution in [0.1, 0.15) is 11.4 Å². The third-order valence-corrected chi connectivity index (χ3v) is 2.31. The van der Waals surface area contributed by atoms with E-state index in [0.717, 1.165) is 11.4 Å². The van der Waals surface area contributed by atoms with Crippen LogP contribution in [0.4, 0.5) is 5.95 Å². The van der Waals surface area contributed by atoms with Gasteiger partial charge in [0, 0.05) is 26.7 Å². The van der Waals surface area contributed by atoms with Gasteiger partial charge < -0.3 is 15.4 Å². The van der Waals surface area contributed by atoms with Crippen molar-refractivity contribution in [1.82, 2.24) is 15.2 Å². The molecule has 1 unspecified atom stereocenters. The Hall–Kier alpha value is -1.27. The number of aromatic nitrogens is 3. The number of likely N-dealkylation sites (N-methyl/N-ethyl adjacent to an activating group) is 1. The van der Waals surface area contributed by atoms with Crippen molar-refractivity contribution in [1.29, 1.82) is 0 Å². The van der Waals surface area contributed by atoms with Crippen LogP contribution in [0.25, 0.3) is 0 Å². The van der Waals surface area contributed by atoms with Gasteiger partial charge in [-0.2, -0.15) is 5.10 Å². The molecule has 90 valence electrons.